The highest BCUT2D eigenvalue weighted by molar-refractivity contribution is 6.31. The van der Waals surface area contributed by atoms with Gasteiger partial charge in [0.25, 0.3) is 5.91 Å². The Bertz CT molecular complexity index is 893. The first-order valence-corrected chi connectivity index (χ1v) is 9.24. The van der Waals surface area contributed by atoms with E-state index < -0.39 is 5.66 Å². The van der Waals surface area contributed by atoms with Gasteiger partial charge in [0.05, 0.1) is 17.7 Å². The van der Waals surface area contributed by atoms with Gasteiger partial charge in [0.15, 0.2) is 0 Å². The SMILES string of the molecule is O=C1NC2(CCN(C(=O)Cc3ccc(F)cc3)CC2)Nc2cc(Cl)ccc21. The van der Waals surface area contributed by atoms with Crippen LogP contribution in [0.1, 0.15) is 28.8 Å². The Labute approximate surface area is 161 Å². The highest BCUT2D eigenvalue weighted by Gasteiger charge is 2.40. The second-order valence-corrected chi connectivity index (χ2v) is 7.47. The van der Waals surface area contributed by atoms with E-state index in [-0.39, 0.29) is 24.1 Å². The fourth-order valence-electron chi connectivity index (χ4n) is 3.67. The van der Waals surface area contributed by atoms with E-state index in [9.17, 15) is 14.0 Å². The van der Waals surface area contributed by atoms with E-state index in [0.29, 0.717) is 36.5 Å². The molecule has 2 amide bonds. The van der Waals surface area contributed by atoms with Crippen molar-refractivity contribution in [1.29, 1.82) is 0 Å². The van der Waals surface area contributed by atoms with Gasteiger partial charge < -0.3 is 15.5 Å². The summed E-state index contributed by atoms with van der Waals surface area (Å²) in [6, 6.07) is 11.1. The second kappa shape index (κ2) is 6.85. The highest BCUT2D eigenvalue weighted by Crippen LogP contribution is 2.33. The fourth-order valence-corrected chi connectivity index (χ4v) is 3.84. The largest absolute Gasteiger partial charge is 0.362 e. The third kappa shape index (κ3) is 3.62. The summed E-state index contributed by atoms with van der Waals surface area (Å²) in [5, 5.41) is 7.02. The van der Waals surface area contributed by atoms with Crippen molar-refractivity contribution in [1.82, 2.24) is 10.2 Å². The number of nitrogens with one attached hydrogen (secondary N) is 2. The molecule has 0 radical (unpaired) electrons. The number of carbonyl (C=O) groups excluding carboxylic acids is 2. The molecule has 140 valence electrons. The van der Waals surface area contributed by atoms with Crippen LogP contribution >= 0.6 is 11.6 Å². The Morgan fingerprint density at radius 3 is 2.52 bits per heavy atom. The van der Waals surface area contributed by atoms with Gasteiger partial charge in [-0.2, -0.15) is 0 Å². The number of hydrogen-bond donors (Lipinski definition) is 2. The summed E-state index contributed by atoms with van der Waals surface area (Å²) < 4.78 is 13.0. The van der Waals surface area contributed by atoms with Gasteiger partial charge in [0.1, 0.15) is 11.5 Å². The van der Waals surface area contributed by atoms with Crippen LogP contribution in [-0.2, 0) is 11.2 Å². The molecule has 0 atom stereocenters. The average Bonchev–Trinajstić information content (AvgIpc) is 2.63. The third-order valence-electron chi connectivity index (χ3n) is 5.19. The Kier molecular flexibility index (Phi) is 4.52. The van der Waals surface area contributed by atoms with Crippen molar-refractivity contribution in [3.8, 4) is 0 Å². The molecule has 2 aromatic rings. The molecule has 0 saturated carbocycles. The van der Waals surface area contributed by atoms with Gasteiger partial charge in [0.2, 0.25) is 5.91 Å². The van der Waals surface area contributed by atoms with Crippen LogP contribution in [0, 0.1) is 5.82 Å². The van der Waals surface area contributed by atoms with E-state index in [1.165, 1.54) is 12.1 Å². The first-order valence-electron chi connectivity index (χ1n) is 8.87. The van der Waals surface area contributed by atoms with E-state index in [2.05, 4.69) is 10.6 Å². The predicted octanol–water partition coefficient (Wildman–Crippen LogP) is 3.20. The minimum atomic E-state index is -0.568. The zero-order valence-electron chi connectivity index (χ0n) is 14.6. The van der Waals surface area contributed by atoms with Crippen LogP contribution in [0.4, 0.5) is 10.1 Å². The first kappa shape index (κ1) is 17.8. The van der Waals surface area contributed by atoms with Crippen molar-refractivity contribution in [3.05, 3.63) is 64.4 Å². The summed E-state index contributed by atoms with van der Waals surface area (Å²) >= 11 is 6.06. The quantitative estimate of drug-likeness (QED) is 0.831. The molecule has 1 fully saturated rings. The van der Waals surface area contributed by atoms with Gasteiger partial charge in [-0.1, -0.05) is 23.7 Å². The monoisotopic (exact) mass is 387 g/mol. The molecule has 0 aromatic heterocycles. The Morgan fingerprint density at radius 1 is 1.11 bits per heavy atom. The highest BCUT2D eigenvalue weighted by atomic mass is 35.5. The van der Waals surface area contributed by atoms with Crippen molar-refractivity contribution in [3.63, 3.8) is 0 Å². The van der Waals surface area contributed by atoms with Crippen molar-refractivity contribution >= 4 is 29.1 Å². The van der Waals surface area contributed by atoms with Gasteiger partial charge in [-0.25, -0.2) is 4.39 Å². The fraction of sp³-hybridized carbons (Fsp3) is 0.300. The Hall–Kier alpha value is -2.60. The number of hydrogen-bond acceptors (Lipinski definition) is 3. The maximum absolute atomic E-state index is 13.0. The number of rotatable bonds is 2. The topological polar surface area (TPSA) is 61.4 Å². The number of fused-ring (bicyclic) bond motifs is 1. The molecule has 5 nitrogen and oxygen atoms in total. The van der Waals surface area contributed by atoms with E-state index in [1.54, 1.807) is 35.2 Å². The predicted molar refractivity (Wildman–Crippen MR) is 101 cm³/mol. The molecule has 0 aliphatic carbocycles. The summed E-state index contributed by atoms with van der Waals surface area (Å²) in [6.45, 7) is 1.06. The number of piperidine rings is 1. The first-order chi connectivity index (χ1) is 12.9. The zero-order chi connectivity index (χ0) is 19.0. The number of carbonyl (C=O) groups is 2. The number of benzene rings is 2. The van der Waals surface area contributed by atoms with Crippen LogP contribution in [0.3, 0.4) is 0 Å². The van der Waals surface area contributed by atoms with Crippen LogP contribution in [0.15, 0.2) is 42.5 Å². The molecule has 2 aliphatic rings. The van der Waals surface area contributed by atoms with Crippen molar-refractivity contribution in [2.24, 2.45) is 0 Å². The van der Waals surface area contributed by atoms with Gasteiger partial charge in [-0.3, -0.25) is 9.59 Å². The number of amides is 2. The molecule has 7 heteroatoms. The molecule has 27 heavy (non-hydrogen) atoms. The molecule has 0 unspecified atom stereocenters. The van der Waals surface area contributed by atoms with E-state index in [4.69, 9.17) is 11.6 Å². The standard InChI is InChI=1S/C20H19ClFN3O2/c21-14-3-6-16-17(12-14)23-20(24-19(16)27)7-9-25(10-8-20)18(26)11-13-1-4-15(22)5-2-13/h1-6,12,23H,7-11H2,(H,24,27). The summed E-state index contributed by atoms with van der Waals surface area (Å²) in [4.78, 5) is 26.8. The van der Waals surface area contributed by atoms with Crippen molar-refractivity contribution in [2.75, 3.05) is 18.4 Å². The summed E-state index contributed by atoms with van der Waals surface area (Å²) in [6.07, 6.45) is 1.44. The van der Waals surface area contributed by atoms with Crippen LogP contribution in [0.5, 0.6) is 0 Å². The number of anilines is 1. The Balaban J connectivity index is 1.42. The minimum Gasteiger partial charge on any atom is -0.362 e. The summed E-state index contributed by atoms with van der Waals surface area (Å²) in [7, 11) is 0. The third-order valence-corrected chi connectivity index (χ3v) is 5.43. The van der Waals surface area contributed by atoms with Crippen LogP contribution in [-0.4, -0.2) is 35.5 Å². The molecular formula is C20H19ClFN3O2. The van der Waals surface area contributed by atoms with Gasteiger partial charge in [-0.05, 0) is 35.9 Å². The molecule has 2 heterocycles. The molecule has 1 spiro atoms. The number of likely N-dealkylation sites (tertiary alicyclic amines) is 1. The van der Waals surface area contributed by atoms with E-state index in [1.807, 2.05) is 0 Å². The molecule has 2 N–H and O–H groups in total. The van der Waals surface area contributed by atoms with Crippen LogP contribution in [0.2, 0.25) is 5.02 Å². The lowest BCUT2D eigenvalue weighted by Gasteiger charge is -2.46. The zero-order valence-corrected chi connectivity index (χ0v) is 15.4. The maximum atomic E-state index is 13.0. The lowest BCUT2D eigenvalue weighted by molar-refractivity contribution is -0.132. The molecule has 2 aliphatic heterocycles. The van der Waals surface area contributed by atoms with E-state index >= 15 is 0 Å². The molecule has 1 saturated heterocycles. The normalized spacial score (nSPS) is 17.9. The molecule has 4 rings (SSSR count). The Morgan fingerprint density at radius 2 is 1.81 bits per heavy atom. The van der Waals surface area contributed by atoms with E-state index in [0.717, 1.165) is 11.3 Å². The van der Waals surface area contributed by atoms with Gasteiger partial charge in [-0.15, -0.1) is 0 Å². The summed E-state index contributed by atoms with van der Waals surface area (Å²) in [5.74, 6) is -0.445. The van der Waals surface area contributed by atoms with Crippen molar-refractivity contribution < 1.29 is 14.0 Å². The second-order valence-electron chi connectivity index (χ2n) is 7.04. The number of nitrogens with zero attached hydrogens (tertiary/aromatic N) is 1. The van der Waals surface area contributed by atoms with Gasteiger partial charge >= 0.3 is 0 Å². The summed E-state index contributed by atoms with van der Waals surface area (Å²) in [5.41, 5.74) is 1.51. The number of halogens is 2. The molecular weight excluding hydrogens is 369 g/mol. The smallest absolute Gasteiger partial charge is 0.255 e. The van der Waals surface area contributed by atoms with Crippen LogP contribution < -0.4 is 10.6 Å². The van der Waals surface area contributed by atoms with Gasteiger partial charge in [0, 0.05) is 31.0 Å². The molecule has 2 aromatic carbocycles. The van der Waals surface area contributed by atoms with Crippen LogP contribution in [0.25, 0.3) is 0 Å². The lowest BCUT2D eigenvalue weighted by Crippen LogP contribution is -2.62. The van der Waals surface area contributed by atoms with Crippen molar-refractivity contribution in [2.45, 2.75) is 24.9 Å². The average molecular weight is 388 g/mol. The maximum Gasteiger partial charge on any atom is 0.255 e. The lowest BCUT2D eigenvalue weighted by atomic mass is 9.92. The molecule has 0 bridgehead atoms. The minimum absolute atomic E-state index is 0.00189.